The Bertz CT molecular complexity index is 662. The van der Waals surface area contributed by atoms with Gasteiger partial charge in [0.1, 0.15) is 16.8 Å². The van der Waals surface area contributed by atoms with Crippen molar-refractivity contribution >= 4 is 11.8 Å². The lowest BCUT2D eigenvalue weighted by Crippen LogP contribution is -2.04. The molecule has 0 unspecified atom stereocenters. The molecule has 0 N–H and O–H groups in total. The zero-order valence-electron chi connectivity index (χ0n) is 12.4. The second-order valence-electron chi connectivity index (χ2n) is 4.40. The van der Waals surface area contributed by atoms with Gasteiger partial charge in [0.25, 0.3) is 0 Å². The van der Waals surface area contributed by atoms with Crippen molar-refractivity contribution in [3.8, 4) is 11.8 Å². The molecule has 0 saturated heterocycles. The Labute approximate surface area is 129 Å². The third-order valence-electron chi connectivity index (χ3n) is 3.20. The molecule has 0 aliphatic heterocycles. The van der Waals surface area contributed by atoms with E-state index in [-0.39, 0.29) is 0 Å². The predicted octanol–water partition coefficient (Wildman–Crippen LogP) is 3.63. The summed E-state index contributed by atoms with van der Waals surface area (Å²) in [4.78, 5) is 1.01. The first kappa shape index (κ1) is 15.3. The van der Waals surface area contributed by atoms with Crippen LogP contribution >= 0.6 is 11.8 Å². The number of hydrogen-bond donors (Lipinski definition) is 0. The minimum absolute atomic E-state index is 0.644. The van der Waals surface area contributed by atoms with Gasteiger partial charge in [-0.2, -0.15) is 10.4 Å². The fourth-order valence-electron chi connectivity index (χ4n) is 2.10. The minimum atomic E-state index is 0.644. The molecule has 0 bridgehead atoms. The van der Waals surface area contributed by atoms with Gasteiger partial charge in [0.05, 0.1) is 18.4 Å². The average Bonchev–Trinajstić information content (AvgIpc) is 2.54. The van der Waals surface area contributed by atoms with Gasteiger partial charge in [-0.25, -0.2) is 0 Å². The van der Waals surface area contributed by atoms with Gasteiger partial charge < -0.3 is 4.74 Å². The van der Waals surface area contributed by atoms with Crippen LogP contribution in [0.3, 0.4) is 0 Å². The van der Waals surface area contributed by atoms with E-state index in [1.165, 1.54) is 11.8 Å². The minimum Gasteiger partial charge on any atom is -0.497 e. The Kier molecular flexibility index (Phi) is 5.18. The molecule has 2 rings (SSSR count). The molecule has 0 amide bonds. The predicted molar refractivity (Wildman–Crippen MR) is 82.6 cm³/mol. The van der Waals surface area contributed by atoms with Crippen LogP contribution in [0.15, 0.2) is 34.2 Å². The SMILES string of the molecule is CCc1nnc(Sc2ccc(OC)cc2)c(C#N)c1CC. The van der Waals surface area contributed by atoms with Crippen molar-refractivity contribution in [3.05, 3.63) is 41.1 Å². The lowest BCUT2D eigenvalue weighted by molar-refractivity contribution is 0.414. The molecule has 0 aliphatic carbocycles. The number of hydrogen-bond acceptors (Lipinski definition) is 5. The van der Waals surface area contributed by atoms with Crippen LogP contribution in [0.25, 0.3) is 0 Å². The Morgan fingerprint density at radius 2 is 1.86 bits per heavy atom. The van der Waals surface area contributed by atoms with Gasteiger partial charge in [0, 0.05) is 4.90 Å². The Morgan fingerprint density at radius 3 is 2.38 bits per heavy atom. The summed E-state index contributed by atoms with van der Waals surface area (Å²) in [5.74, 6) is 0.807. The van der Waals surface area contributed by atoms with Gasteiger partial charge >= 0.3 is 0 Å². The Balaban J connectivity index is 2.37. The monoisotopic (exact) mass is 299 g/mol. The van der Waals surface area contributed by atoms with Gasteiger partial charge in [0.2, 0.25) is 0 Å². The van der Waals surface area contributed by atoms with E-state index in [4.69, 9.17) is 4.74 Å². The molecule has 0 radical (unpaired) electrons. The Hall–Kier alpha value is -2.06. The topological polar surface area (TPSA) is 58.8 Å². The fourth-order valence-corrected chi connectivity index (χ4v) is 2.94. The number of rotatable bonds is 5. The smallest absolute Gasteiger partial charge is 0.142 e. The summed E-state index contributed by atoms with van der Waals surface area (Å²) in [6.45, 7) is 4.07. The highest BCUT2D eigenvalue weighted by atomic mass is 32.2. The molecule has 0 fully saturated rings. The molecule has 1 heterocycles. The van der Waals surface area contributed by atoms with Crippen LogP contribution in [-0.4, -0.2) is 17.3 Å². The number of methoxy groups -OCH3 is 1. The molecule has 5 heteroatoms. The molecule has 0 atom stereocenters. The molecular weight excluding hydrogens is 282 g/mol. The van der Waals surface area contributed by atoms with Crippen molar-refractivity contribution in [2.24, 2.45) is 0 Å². The largest absolute Gasteiger partial charge is 0.497 e. The summed E-state index contributed by atoms with van der Waals surface area (Å²) < 4.78 is 5.14. The van der Waals surface area contributed by atoms with Crippen molar-refractivity contribution < 1.29 is 4.74 Å². The molecule has 0 spiro atoms. The lowest BCUT2D eigenvalue weighted by Gasteiger charge is -2.10. The van der Waals surface area contributed by atoms with Crippen molar-refractivity contribution in [2.45, 2.75) is 36.6 Å². The zero-order valence-corrected chi connectivity index (χ0v) is 13.2. The standard InChI is InChI=1S/C16H17N3OS/c1-4-13-14(10-17)16(19-18-15(13)5-2)21-12-8-6-11(20-3)7-9-12/h6-9H,4-5H2,1-3H3. The highest BCUT2D eigenvalue weighted by Crippen LogP contribution is 2.31. The number of aromatic nitrogens is 2. The first-order chi connectivity index (χ1) is 10.2. The Morgan fingerprint density at radius 1 is 1.14 bits per heavy atom. The van der Waals surface area contributed by atoms with Crippen LogP contribution in [-0.2, 0) is 12.8 Å². The van der Waals surface area contributed by atoms with E-state index in [9.17, 15) is 5.26 Å². The number of nitrogens with zero attached hydrogens (tertiary/aromatic N) is 3. The summed E-state index contributed by atoms with van der Waals surface area (Å²) >= 11 is 1.46. The molecule has 1 aromatic carbocycles. The highest BCUT2D eigenvalue weighted by Gasteiger charge is 2.15. The molecule has 108 valence electrons. The van der Waals surface area contributed by atoms with Crippen LogP contribution in [0.5, 0.6) is 5.75 Å². The van der Waals surface area contributed by atoms with Gasteiger partial charge in [-0.05, 0) is 42.7 Å². The normalized spacial score (nSPS) is 10.2. The molecule has 0 aliphatic rings. The summed E-state index contributed by atoms with van der Waals surface area (Å²) in [6.07, 6.45) is 1.58. The molecule has 1 aromatic heterocycles. The molecular formula is C16H17N3OS. The van der Waals surface area contributed by atoms with Gasteiger partial charge in [-0.1, -0.05) is 25.6 Å². The molecule has 2 aromatic rings. The van der Waals surface area contributed by atoms with Gasteiger partial charge in [0.15, 0.2) is 0 Å². The van der Waals surface area contributed by atoms with E-state index >= 15 is 0 Å². The maximum Gasteiger partial charge on any atom is 0.142 e. The fraction of sp³-hybridized carbons (Fsp3) is 0.312. The van der Waals surface area contributed by atoms with Crippen LogP contribution in [0.1, 0.15) is 30.7 Å². The second kappa shape index (κ2) is 7.09. The van der Waals surface area contributed by atoms with E-state index in [1.54, 1.807) is 7.11 Å². The first-order valence-electron chi connectivity index (χ1n) is 6.83. The molecule has 4 nitrogen and oxygen atoms in total. The summed E-state index contributed by atoms with van der Waals surface area (Å²) in [5.41, 5.74) is 2.56. The van der Waals surface area contributed by atoms with Gasteiger partial charge in [-0.3, -0.25) is 0 Å². The van der Waals surface area contributed by atoms with Gasteiger partial charge in [-0.15, -0.1) is 5.10 Å². The van der Waals surface area contributed by atoms with Crippen molar-refractivity contribution in [2.75, 3.05) is 7.11 Å². The molecule has 0 saturated carbocycles. The lowest BCUT2D eigenvalue weighted by atomic mass is 10.1. The second-order valence-corrected chi connectivity index (χ2v) is 5.46. The quantitative estimate of drug-likeness (QED) is 0.843. The zero-order chi connectivity index (χ0) is 15.2. The first-order valence-corrected chi connectivity index (χ1v) is 7.65. The van der Waals surface area contributed by atoms with E-state index in [0.717, 1.165) is 34.7 Å². The van der Waals surface area contributed by atoms with Crippen molar-refractivity contribution in [3.63, 3.8) is 0 Å². The molecule has 21 heavy (non-hydrogen) atoms. The van der Waals surface area contributed by atoms with E-state index in [1.807, 2.05) is 38.1 Å². The third kappa shape index (κ3) is 3.34. The maximum absolute atomic E-state index is 9.46. The maximum atomic E-state index is 9.46. The summed E-state index contributed by atoms with van der Waals surface area (Å²) in [5, 5.41) is 18.6. The van der Waals surface area contributed by atoms with Crippen LogP contribution < -0.4 is 4.74 Å². The summed E-state index contributed by atoms with van der Waals surface area (Å²) in [7, 11) is 1.64. The van der Waals surface area contributed by atoms with Crippen LogP contribution in [0, 0.1) is 11.3 Å². The number of nitriles is 1. The third-order valence-corrected chi connectivity index (χ3v) is 4.19. The van der Waals surface area contributed by atoms with E-state index < -0.39 is 0 Å². The van der Waals surface area contributed by atoms with Crippen LogP contribution in [0.2, 0.25) is 0 Å². The highest BCUT2D eigenvalue weighted by molar-refractivity contribution is 7.99. The number of benzene rings is 1. The summed E-state index contributed by atoms with van der Waals surface area (Å²) in [6, 6.07) is 9.97. The number of aryl methyl sites for hydroxylation is 1. The average molecular weight is 299 g/mol. The van der Waals surface area contributed by atoms with E-state index in [2.05, 4.69) is 16.3 Å². The number of ether oxygens (including phenoxy) is 1. The van der Waals surface area contributed by atoms with Crippen molar-refractivity contribution in [1.29, 1.82) is 5.26 Å². The van der Waals surface area contributed by atoms with Crippen LogP contribution in [0.4, 0.5) is 0 Å². The van der Waals surface area contributed by atoms with Crippen molar-refractivity contribution in [1.82, 2.24) is 10.2 Å². The van der Waals surface area contributed by atoms with E-state index in [0.29, 0.717) is 10.6 Å².